The highest BCUT2D eigenvalue weighted by atomic mass is 32.1. The Hall–Kier alpha value is -2.12. The highest BCUT2D eigenvalue weighted by Crippen LogP contribution is 2.27. The molecule has 6 nitrogen and oxygen atoms in total. The van der Waals surface area contributed by atoms with Crippen molar-refractivity contribution < 1.29 is 19.4 Å². The summed E-state index contributed by atoms with van der Waals surface area (Å²) in [5.74, 6) is 0.233. The molecule has 1 unspecified atom stereocenters. The van der Waals surface area contributed by atoms with Gasteiger partial charge in [0.15, 0.2) is 16.6 Å². The van der Waals surface area contributed by atoms with Crippen LogP contribution in [0.4, 0.5) is 0 Å². The molecule has 2 N–H and O–H groups in total. The van der Waals surface area contributed by atoms with Gasteiger partial charge in [0.25, 0.3) is 5.91 Å². The lowest BCUT2D eigenvalue weighted by Gasteiger charge is -2.18. The van der Waals surface area contributed by atoms with Gasteiger partial charge in [-0.1, -0.05) is 6.07 Å². The van der Waals surface area contributed by atoms with Crippen LogP contribution in [0.5, 0.6) is 11.5 Å². The molecule has 0 aliphatic carbocycles. The van der Waals surface area contributed by atoms with Gasteiger partial charge in [0.1, 0.15) is 5.70 Å². The summed E-state index contributed by atoms with van der Waals surface area (Å²) in [5.41, 5.74) is 1.14. The minimum atomic E-state index is -0.169. The molecule has 2 aliphatic rings. The fourth-order valence-corrected chi connectivity index (χ4v) is 2.95. The van der Waals surface area contributed by atoms with Gasteiger partial charge < -0.3 is 19.9 Å². The maximum atomic E-state index is 12.5. The van der Waals surface area contributed by atoms with E-state index >= 15 is 0 Å². The van der Waals surface area contributed by atoms with Crippen LogP contribution < -0.4 is 10.1 Å². The summed E-state index contributed by atoms with van der Waals surface area (Å²) >= 11 is 5.25. The normalized spacial score (nSPS) is 22.7. The van der Waals surface area contributed by atoms with Gasteiger partial charge in [-0.15, -0.1) is 0 Å². The summed E-state index contributed by atoms with van der Waals surface area (Å²) < 4.78 is 10.6. The van der Waals surface area contributed by atoms with E-state index in [1.807, 2.05) is 0 Å². The lowest BCUT2D eigenvalue weighted by atomic mass is 10.1. The second-order valence-electron chi connectivity index (χ2n) is 5.47. The molecule has 3 rings (SSSR count). The fourth-order valence-electron chi connectivity index (χ4n) is 2.68. The van der Waals surface area contributed by atoms with E-state index in [0.717, 1.165) is 25.0 Å². The average molecular weight is 334 g/mol. The Kier molecular flexibility index (Phi) is 4.49. The lowest BCUT2D eigenvalue weighted by Crippen LogP contribution is -2.37. The van der Waals surface area contributed by atoms with Crippen molar-refractivity contribution in [1.82, 2.24) is 10.2 Å². The van der Waals surface area contributed by atoms with Crippen molar-refractivity contribution in [3.05, 3.63) is 29.5 Å². The van der Waals surface area contributed by atoms with Crippen molar-refractivity contribution in [2.45, 2.75) is 18.9 Å². The number of hydrogen-bond donors (Lipinski definition) is 2. The molecule has 1 aromatic rings. The molecule has 122 valence electrons. The highest BCUT2D eigenvalue weighted by molar-refractivity contribution is 7.80. The zero-order valence-electron chi connectivity index (χ0n) is 12.7. The molecular formula is C16H18N2O4S. The first-order valence-corrected chi connectivity index (χ1v) is 7.82. The molecule has 7 heteroatoms. The van der Waals surface area contributed by atoms with Crippen molar-refractivity contribution in [3.8, 4) is 11.5 Å². The first-order valence-electron chi connectivity index (χ1n) is 7.41. The molecule has 0 radical (unpaired) electrons. The number of phenols is 1. The Bertz CT molecular complexity index is 668. The van der Waals surface area contributed by atoms with E-state index in [1.165, 1.54) is 18.1 Å². The number of amides is 1. The van der Waals surface area contributed by atoms with Gasteiger partial charge in [-0.3, -0.25) is 9.69 Å². The Labute approximate surface area is 139 Å². The molecule has 2 heterocycles. The second-order valence-corrected chi connectivity index (χ2v) is 5.86. The van der Waals surface area contributed by atoms with Crippen molar-refractivity contribution >= 4 is 29.3 Å². The topological polar surface area (TPSA) is 71.0 Å². The molecular weight excluding hydrogens is 316 g/mol. The third-order valence-electron chi connectivity index (χ3n) is 3.89. The minimum absolute atomic E-state index is 0.0480. The quantitative estimate of drug-likeness (QED) is 0.644. The predicted molar refractivity (Wildman–Crippen MR) is 89.1 cm³/mol. The summed E-state index contributed by atoms with van der Waals surface area (Å²) in [7, 11) is 1.48. The van der Waals surface area contributed by atoms with Crippen LogP contribution in [0, 0.1) is 0 Å². The first kappa shape index (κ1) is 15.8. The fraction of sp³-hybridized carbons (Fsp3) is 0.375. The van der Waals surface area contributed by atoms with Gasteiger partial charge >= 0.3 is 0 Å². The molecule has 1 aromatic carbocycles. The van der Waals surface area contributed by atoms with E-state index in [1.54, 1.807) is 18.2 Å². The van der Waals surface area contributed by atoms with E-state index in [2.05, 4.69) is 5.32 Å². The SMILES string of the molecule is COc1cc(C=C2NC(=S)N(CC3CCCO3)C2=O)ccc1O. The molecule has 2 fully saturated rings. The summed E-state index contributed by atoms with van der Waals surface area (Å²) in [4.78, 5) is 14.0. The monoisotopic (exact) mass is 334 g/mol. The first-order chi connectivity index (χ1) is 11.1. The highest BCUT2D eigenvalue weighted by Gasteiger charge is 2.33. The van der Waals surface area contributed by atoms with Gasteiger partial charge in [-0.25, -0.2) is 0 Å². The zero-order chi connectivity index (χ0) is 16.4. The van der Waals surface area contributed by atoms with Crippen molar-refractivity contribution in [3.63, 3.8) is 0 Å². The number of aromatic hydroxyl groups is 1. The largest absolute Gasteiger partial charge is 0.504 e. The number of rotatable bonds is 4. The van der Waals surface area contributed by atoms with Gasteiger partial charge in [0.05, 0.1) is 19.8 Å². The number of ether oxygens (including phenoxy) is 2. The number of nitrogens with one attached hydrogen (secondary N) is 1. The van der Waals surface area contributed by atoms with Crippen LogP contribution in [0.1, 0.15) is 18.4 Å². The molecule has 23 heavy (non-hydrogen) atoms. The Morgan fingerprint density at radius 3 is 3.09 bits per heavy atom. The Balaban J connectivity index is 1.78. The van der Waals surface area contributed by atoms with E-state index in [0.29, 0.717) is 23.1 Å². The van der Waals surface area contributed by atoms with Crippen molar-refractivity contribution in [1.29, 1.82) is 0 Å². The van der Waals surface area contributed by atoms with Gasteiger partial charge in [-0.05, 0) is 48.8 Å². The van der Waals surface area contributed by atoms with Gasteiger partial charge in [0, 0.05) is 6.61 Å². The number of nitrogens with zero attached hydrogens (tertiary/aromatic N) is 1. The number of methoxy groups -OCH3 is 1. The zero-order valence-corrected chi connectivity index (χ0v) is 13.6. The van der Waals surface area contributed by atoms with E-state index < -0.39 is 0 Å². The number of phenolic OH excluding ortho intramolecular Hbond substituents is 1. The molecule has 0 spiro atoms. The van der Waals surface area contributed by atoms with Crippen LogP contribution in [0.25, 0.3) is 6.08 Å². The standard InChI is InChI=1S/C16H18N2O4S/c1-21-14-8-10(4-5-13(14)19)7-12-15(20)18(16(23)17-12)9-11-3-2-6-22-11/h4-5,7-8,11,19H,2-3,6,9H2,1H3,(H,17,23). The van der Waals surface area contributed by atoms with Gasteiger partial charge in [0.2, 0.25) is 0 Å². The molecule has 2 saturated heterocycles. The molecule has 1 atom stereocenters. The van der Waals surface area contributed by atoms with Crippen LogP contribution in [0.3, 0.4) is 0 Å². The lowest BCUT2D eigenvalue weighted by molar-refractivity contribution is -0.123. The summed E-state index contributed by atoms with van der Waals surface area (Å²) in [6.07, 6.45) is 3.70. The Morgan fingerprint density at radius 2 is 2.39 bits per heavy atom. The maximum absolute atomic E-state index is 12.5. The van der Waals surface area contributed by atoms with E-state index in [4.69, 9.17) is 21.7 Å². The van der Waals surface area contributed by atoms with E-state index in [-0.39, 0.29) is 17.8 Å². The van der Waals surface area contributed by atoms with Crippen molar-refractivity contribution in [2.24, 2.45) is 0 Å². The third-order valence-corrected chi connectivity index (χ3v) is 4.21. The second kappa shape index (κ2) is 6.55. The smallest absolute Gasteiger partial charge is 0.276 e. The van der Waals surface area contributed by atoms with Crippen LogP contribution in [-0.4, -0.2) is 47.4 Å². The number of benzene rings is 1. The van der Waals surface area contributed by atoms with Gasteiger partial charge in [-0.2, -0.15) is 0 Å². The molecule has 1 amide bonds. The van der Waals surface area contributed by atoms with Crippen LogP contribution in [-0.2, 0) is 9.53 Å². The Morgan fingerprint density at radius 1 is 1.57 bits per heavy atom. The number of carbonyl (C=O) groups is 1. The van der Waals surface area contributed by atoms with E-state index in [9.17, 15) is 9.90 Å². The number of carbonyl (C=O) groups excluding carboxylic acids is 1. The molecule has 2 aliphatic heterocycles. The average Bonchev–Trinajstić information content (AvgIpc) is 3.14. The third kappa shape index (κ3) is 3.30. The predicted octanol–water partition coefficient (Wildman–Crippen LogP) is 1.64. The summed E-state index contributed by atoms with van der Waals surface area (Å²) in [5, 5.41) is 12.9. The number of hydrogen-bond acceptors (Lipinski definition) is 5. The minimum Gasteiger partial charge on any atom is -0.504 e. The van der Waals surface area contributed by atoms with Crippen LogP contribution in [0.15, 0.2) is 23.9 Å². The molecule has 0 bridgehead atoms. The maximum Gasteiger partial charge on any atom is 0.276 e. The van der Waals surface area contributed by atoms with Crippen LogP contribution >= 0.6 is 12.2 Å². The van der Waals surface area contributed by atoms with Crippen LogP contribution in [0.2, 0.25) is 0 Å². The summed E-state index contributed by atoms with van der Waals surface area (Å²) in [6.45, 7) is 1.21. The summed E-state index contributed by atoms with van der Waals surface area (Å²) in [6, 6.07) is 4.88. The van der Waals surface area contributed by atoms with Crippen molar-refractivity contribution in [2.75, 3.05) is 20.3 Å². The number of thiocarbonyl (C=S) groups is 1. The molecule has 0 aromatic heterocycles. The molecule has 0 saturated carbocycles.